The molecule has 0 aliphatic heterocycles. The van der Waals surface area contributed by atoms with E-state index in [1.54, 1.807) is 36.1 Å². The number of nitrogens with zero attached hydrogens (tertiary/aromatic N) is 1. The van der Waals surface area contributed by atoms with Crippen LogP contribution in [-0.4, -0.2) is 24.2 Å². The number of hydrogen-bond acceptors (Lipinski definition) is 3. The van der Waals surface area contributed by atoms with Crippen LogP contribution in [0.5, 0.6) is 0 Å². The van der Waals surface area contributed by atoms with Crippen molar-refractivity contribution in [1.82, 2.24) is 4.57 Å². The van der Waals surface area contributed by atoms with E-state index < -0.39 is 0 Å². The van der Waals surface area contributed by atoms with Crippen molar-refractivity contribution in [2.45, 2.75) is 6.54 Å². The van der Waals surface area contributed by atoms with Gasteiger partial charge < -0.3 is 14.6 Å². The van der Waals surface area contributed by atoms with Crippen molar-refractivity contribution >= 4 is 33.1 Å². The number of anilines is 1. The number of nitrogens with one attached hydrogen (secondary N) is 1. The molecule has 0 saturated heterocycles. The predicted octanol–water partition coefficient (Wildman–Crippen LogP) is 4.05. The van der Waals surface area contributed by atoms with E-state index in [-0.39, 0.29) is 11.5 Å². The Balaban J connectivity index is 1.72. The Morgan fingerprint density at radius 2 is 1.68 bits per heavy atom. The fourth-order valence-corrected chi connectivity index (χ4v) is 3.41. The molecule has 0 bridgehead atoms. The summed E-state index contributed by atoms with van der Waals surface area (Å²) in [5.74, 6) is -0.201. The number of carbonyl (C=O) groups excluding carboxylic acids is 1. The molecule has 0 unspecified atom stereocenters. The van der Waals surface area contributed by atoms with Crippen molar-refractivity contribution < 1.29 is 9.53 Å². The van der Waals surface area contributed by atoms with Crippen molar-refractivity contribution in [1.29, 1.82) is 0 Å². The molecule has 0 aliphatic carbocycles. The third-order valence-corrected chi connectivity index (χ3v) is 4.84. The molecule has 0 aliphatic rings. The first-order valence-corrected chi connectivity index (χ1v) is 9.09. The van der Waals surface area contributed by atoms with Crippen molar-refractivity contribution in [2.24, 2.45) is 0 Å². The van der Waals surface area contributed by atoms with Gasteiger partial charge in [0.2, 0.25) is 0 Å². The summed E-state index contributed by atoms with van der Waals surface area (Å²) in [5, 5.41) is 6.15. The fourth-order valence-electron chi connectivity index (χ4n) is 3.41. The first-order chi connectivity index (χ1) is 13.7. The maximum atomic E-state index is 13.0. The van der Waals surface area contributed by atoms with Gasteiger partial charge in [0.1, 0.15) is 0 Å². The summed E-state index contributed by atoms with van der Waals surface area (Å²) in [7, 11) is 1.60. The third-order valence-electron chi connectivity index (χ3n) is 4.84. The molecule has 3 aromatic carbocycles. The maximum absolute atomic E-state index is 13.0. The normalized spacial score (nSPS) is 11.0. The minimum absolute atomic E-state index is 0.101. The van der Waals surface area contributed by atoms with Crippen LogP contribution in [0.3, 0.4) is 0 Å². The molecule has 1 heterocycles. The number of amides is 1. The van der Waals surface area contributed by atoms with Gasteiger partial charge in [0, 0.05) is 41.9 Å². The largest absolute Gasteiger partial charge is 0.383 e. The van der Waals surface area contributed by atoms with Gasteiger partial charge in [0.15, 0.2) is 0 Å². The number of benzene rings is 3. The highest BCUT2D eigenvalue weighted by Crippen LogP contribution is 2.24. The molecule has 0 spiro atoms. The van der Waals surface area contributed by atoms with Crippen LogP contribution in [0.4, 0.5) is 5.69 Å². The lowest BCUT2D eigenvalue weighted by Crippen LogP contribution is -2.22. The minimum Gasteiger partial charge on any atom is -0.383 e. The number of ether oxygens (including phenoxy) is 1. The number of methoxy groups -OCH3 is 1. The van der Waals surface area contributed by atoms with Crippen LogP contribution < -0.4 is 10.9 Å². The van der Waals surface area contributed by atoms with E-state index in [0.717, 1.165) is 16.2 Å². The zero-order valence-corrected chi connectivity index (χ0v) is 15.5. The lowest BCUT2D eigenvalue weighted by molar-refractivity contribution is 0.102. The van der Waals surface area contributed by atoms with E-state index in [1.807, 2.05) is 48.5 Å². The minimum atomic E-state index is -0.201. The molecule has 28 heavy (non-hydrogen) atoms. The topological polar surface area (TPSA) is 60.3 Å². The molecule has 5 heteroatoms. The molecule has 0 radical (unpaired) electrons. The second-order valence-electron chi connectivity index (χ2n) is 6.55. The number of aromatic nitrogens is 1. The highest BCUT2D eigenvalue weighted by molar-refractivity contribution is 6.15. The Morgan fingerprint density at radius 3 is 2.54 bits per heavy atom. The summed E-state index contributed by atoms with van der Waals surface area (Å²) in [5.41, 5.74) is 1.12. The molecule has 0 atom stereocenters. The first-order valence-electron chi connectivity index (χ1n) is 9.09. The average molecular weight is 372 g/mol. The first kappa shape index (κ1) is 17.9. The van der Waals surface area contributed by atoms with E-state index in [2.05, 4.69) is 5.32 Å². The monoisotopic (exact) mass is 372 g/mol. The molecule has 140 valence electrons. The lowest BCUT2D eigenvalue weighted by Gasteiger charge is -2.12. The fraction of sp³-hybridized carbons (Fsp3) is 0.130. The van der Waals surface area contributed by atoms with E-state index in [0.29, 0.717) is 29.8 Å². The van der Waals surface area contributed by atoms with Gasteiger partial charge in [0.25, 0.3) is 11.5 Å². The second kappa shape index (κ2) is 7.66. The average Bonchev–Trinajstić information content (AvgIpc) is 2.73. The van der Waals surface area contributed by atoms with Gasteiger partial charge >= 0.3 is 0 Å². The number of hydrogen-bond donors (Lipinski definition) is 1. The molecule has 1 amide bonds. The highest BCUT2D eigenvalue weighted by atomic mass is 16.5. The van der Waals surface area contributed by atoms with Gasteiger partial charge in [-0.1, -0.05) is 42.5 Å². The number of rotatable bonds is 5. The van der Waals surface area contributed by atoms with E-state index >= 15 is 0 Å². The van der Waals surface area contributed by atoms with Crippen LogP contribution in [0, 0.1) is 0 Å². The molecule has 5 nitrogen and oxygen atoms in total. The summed E-state index contributed by atoms with van der Waals surface area (Å²) >= 11 is 0. The zero-order chi connectivity index (χ0) is 19.5. The van der Waals surface area contributed by atoms with E-state index in [1.165, 1.54) is 0 Å². The second-order valence-corrected chi connectivity index (χ2v) is 6.55. The molecule has 4 rings (SSSR count). The van der Waals surface area contributed by atoms with Crippen molar-refractivity contribution in [3.05, 3.63) is 88.8 Å². The standard InChI is InChI=1S/C23H20N2O3/c1-28-15-14-25-13-12-18-20(23(25)27)10-5-11-21(18)24-22(26)19-9-4-7-16-6-2-3-8-17(16)19/h2-13H,14-15H2,1H3,(H,24,26). The maximum Gasteiger partial charge on any atom is 0.258 e. The van der Waals surface area contributed by atoms with Crippen LogP contribution in [0.1, 0.15) is 10.4 Å². The SMILES string of the molecule is COCCn1ccc2c(NC(=O)c3cccc4ccccc34)cccc2c1=O. The Bertz CT molecular complexity index is 1220. The summed E-state index contributed by atoms with van der Waals surface area (Å²) in [4.78, 5) is 25.7. The number of pyridine rings is 1. The molecule has 0 saturated carbocycles. The predicted molar refractivity (Wildman–Crippen MR) is 112 cm³/mol. The molecular formula is C23H20N2O3. The lowest BCUT2D eigenvalue weighted by atomic mass is 10.0. The molecule has 0 fully saturated rings. The van der Waals surface area contributed by atoms with Crippen LogP contribution in [0.25, 0.3) is 21.5 Å². The van der Waals surface area contributed by atoms with E-state index in [4.69, 9.17) is 4.74 Å². The Hall–Kier alpha value is -3.44. The highest BCUT2D eigenvalue weighted by Gasteiger charge is 2.13. The Labute approximate surface area is 162 Å². The summed E-state index contributed by atoms with van der Waals surface area (Å²) in [6.07, 6.45) is 1.73. The van der Waals surface area contributed by atoms with E-state index in [9.17, 15) is 9.59 Å². The Kier molecular flexibility index (Phi) is 4.91. The third kappa shape index (κ3) is 3.28. The smallest absolute Gasteiger partial charge is 0.258 e. The van der Waals surface area contributed by atoms with Gasteiger partial charge in [-0.25, -0.2) is 0 Å². The Morgan fingerprint density at radius 1 is 0.929 bits per heavy atom. The molecule has 4 aromatic rings. The van der Waals surface area contributed by atoms with Crippen molar-refractivity contribution in [3.63, 3.8) is 0 Å². The van der Waals surface area contributed by atoms with Gasteiger partial charge in [-0.2, -0.15) is 0 Å². The molecule has 1 aromatic heterocycles. The van der Waals surface area contributed by atoms with Crippen LogP contribution in [0.2, 0.25) is 0 Å². The molecular weight excluding hydrogens is 352 g/mol. The van der Waals surface area contributed by atoms with Gasteiger partial charge in [-0.15, -0.1) is 0 Å². The van der Waals surface area contributed by atoms with Gasteiger partial charge in [-0.05, 0) is 35.0 Å². The number of fused-ring (bicyclic) bond motifs is 2. The summed E-state index contributed by atoms with van der Waals surface area (Å²) < 4.78 is 6.67. The van der Waals surface area contributed by atoms with Crippen LogP contribution in [0.15, 0.2) is 77.7 Å². The van der Waals surface area contributed by atoms with Crippen LogP contribution >= 0.6 is 0 Å². The van der Waals surface area contributed by atoms with Crippen LogP contribution in [-0.2, 0) is 11.3 Å². The zero-order valence-electron chi connectivity index (χ0n) is 15.5. The van der Waals surface area contributed by atoms with Crippen molar-refractivity contribution in [3.8, 4) is 0 Å². The van der Waals surface area contributed by atoms with Gasteiger partial charge in [-0.3, -0.25) is 9.59 Å². The summed E-state index contributed by atoms with van der Waals surface area (Å²) in [6.45, 7) is 0.945. The molecule has 1 N–H and O–H groups in total. The van der Waals surface area contributed by atoms with Gasteiger partial charge in [0.05, 0.1) is 6.61 Å². The van der Waals surface area contributed by atoms with Crippen molar-refractivity contribution in [2.75, 3.05) is 19.0 Å². The summed E-state index contributed by atoms with van der Waals surface area (Å²) in [6, 6.07) is 20.6. The number of carbonyl (C=O) groups is 1. The quantitative estimate of drug-likeness (QED) is 0.575.